The van der Waals surface area contributed by atoms with Gasteiger partial charge in [-0.15, -0.1) is 0 Å². The van der Waals surface area contributed by atoms with Crippen LogP contribution in [-0.4, -0.2) is 16.5 Å². The van der Waals surface area contributed by atoms with Crippen molar-refractivity contribution in [3.8, 4) is 0 Å². The van der Waals surface area contributed by atoms with Gasteiger partial charge in [0.05, 0.1) is 5.52 Å². The van der Waals surface area contributed by atoms with Crippen LogP contribution in [0.25, 0.3) is 10.9 Å². The van der Waals surface area contributed by atoms with Crippen molar-refractivity contribution < 1.29 is 4.79 Å². The van der Waals surface area contributed by atoms with Gasteiger partial charge in [0.25, 0.3) is 0 Å². The van der Waals surface area contributed by atoms with Crippen LogP contribution in [0.5, 0.6) is 0 Å². The number of aromatic nitrogens is 1. The van der Waals surface area contributed by atoms with Crippen LogP contribution >= 0.6 is 11.6 Å². The Morgan fingerprint density at radius 3 is 2.79 bits per heavy atom. The maximum absolute atomic E-state index is 11.8. The van der Waals surface area contributed by atoms with Crippen molar-refractivity contribution in [2.75, 3.05) is 0 Å². The Morgan fingerprint density at radius 2 is 2.11 bits per heavy atom. The number of nitrogens with one attached hydrogen (secondary N) is 1. The first-order valence-corrected chi connectivity index (χ1v) is 6.43. The molecule has 2 rings (SSSR count). The summed E-state index contributed by atoms with van der Waals surface area (Å²) in [5.41, 5.74) is 0.605. The van der Waals surface area contributed by atoms with E-state index in [1.165, 1.54) is 6.07 Å². The van der Waals surface area contributed by atoms with Gasteiger partial charge in [0, 0.05) is 28.7 Å². The predicted molar refractivity (Wildman–Crippen MR) is 76.5 cm³/mol. The Hall–Kier alpha value is -1.81. The Balaban J connectivity index is 2.42. The van der Waals surface area contributed by atoms with E-state index >= 15 is 0 Å². The molecule has 5 heteroatoms. The summed E-state index contributed by atoms with van der Waals surface area (Å²) in [5.74, 6) is -0.0881. The molecule has 0 aliphatic carbocycles. The molecule has 0 saturated heterocycles. The number of pyridine rings is 1. The van der Waals surface area contributed by atoms with Crippen molar-refractivity contribution in [1.29, 1.82) is 0 Å². The number of amides is 1. The SMILES string of the molecule is CC(C)NC(=O)Cn1ccc(=O)c2cc(Cl)ccc21. The largest absolute Gasteiger partial charge is 0.352 e. The van der Waals surface area contributed by atoms with Crippen molar-refractivity contribution in [3.63, 3.8) is 0 Å². The van der Waals surface area contributed by atoms with E-state index in [1.54, 1.807) is 29.0 Å². The number of nitrogens with zero attached hydrogens (tertiary/aromatic N) is 1. The quantitative estimate of drug-likeness (QED) is 0.936. The van der Waals surface area contributed by atoms with E-state index in [9.17, 15) is 9.59 Å². The summed E-state index contributed by atoms with van der Waals surface area (Å²) < 4.78 is 1.74. The molecular formula is C14H15ClN2O2. The van der Waals surface area contributed by atoms with E-state index < -0.39 is 0 Å². The molecule has 0 spiro atoms. The van der Waals surface area contributed by atoms with Gasteiger partial charge in [0.15, 0.2) is 5.43 Å². The molecule has 100 valence electrons. The van der Waals surface area contributed by atoms with Crippen LogP contribution in [0, 0.1) is 0 Å². The van der Waals surface area contributed by atoms with Crippen molar-refractivity contribution in [3.05, 3.63) is 45.7 Å². The minimum absolute atomic E-state index is 0.0881. The third kappa shape index (κ3) is 3.15. The average molecular weight is 279 g/mol. The zero-order valence-electron chi connectivity index (χ0n) is 10.8. The van der Waals surface area contributed by atoms with Gasteiger partial charge in [0.2, 0.25) is 5.91 Å². The number of carbonyl (C=O) groups excluding carboxylic acids is 1. The maximum atomic E-state index is 11.8. The summed E-state index contributed by atoms with van der Waals surface area (Å²) >= 11 is 5.89. The van der Waals surface area contributed by atoms with Gasteiger partial charge >= 0.3 is 0 Å². The summed E-state index contributed by atoms with van der Waals surface area (Å²) in [6.45, 7) is 3.99. The number of halogens is 1. The lowest BCUT2D eigenvalue weighted by molar-refractivity contribution is -0.122. The Bertz CT molecular complexity index is 677. The summed E-state index contributed by atoms with van der Waals surface area (Å²) in [7, 11) is 0. The lowest BCUT2D eigenvalue weighted by Crippen LogP contribution is -2.33. The molecule has 2 aromatic rings. The highest BCUT2D eigenvalue weighted by molar-refractivity contribution is 6.31. The third-order valence-corrected chi connectivity index (χ3v) is 2.94. The Morgan fingerprint density at radius 1 is 1.37 bits per heavy atom. The first kappa shape index (κ1) is 13.6. The highest BCUT2D eigenvalue weighted by atomic mass is 35.5. The molecular weight excluding hydrogens is 264 g/mol. The van der Waals surface area contributed by atoms with Gasteiger partial charge in [-0.3, -0.25) is 9.59 Å². The highest BCUT2D eigenvalue weighted by Gasteiger charge is 2.08. The number of carbonyl (C=O) groups is 1. The number of hydrogen-bond donors (Lipinski definition) is 1. The molecule has 0 fully saturated rings. The molecule has 1 amide bonds. The smallest absolute Gasteiger partial charge is 0.240 e. The van der Waals surface area contributed by atoms with E-state index in [2.05, 4.69) is 5.32 Å². The van der Waals surface area contributed by atoms with Crippen molar-refractivity contribution in [2.45, 2.75) is 26.4 Å². The lowest BCUT2D eigenvalue weighted by Gasteiger charge is -2.12. The van der Waals surface area contributed by atoms with Gasteiger partial charge in [-0.1, -0.05) is 11.6 Å². The molecule has 1 aromatic heterocycles. The first-order valence-electron chi connectivity index (χ1n) is 6.05. The summed E-state index contributed by atoms with van der Waals surface area (Å²) in [5, 5.41) is 3.85. The maximum Gasteiger partial charge on any atom is 0.240 e. The van der Waals surface area contributed by atoms with E-state index in [0.717, 1.165) is 0 Å². The highest BCUT2D eigenvalue weighted by Crippen LogP contribution is 2.16. The molecule has 1 aromatic carbocycles. The van der Waals surface area contributed by atoms with Gasteiger partial charge in [-0.05, 0) is 32.0 Å². The first-order chi connectivity index (χ1) is 8.97. The second kappa shape index (κ2) is 5.45. The molecule has 0 aliphatic rings. The molecule has 0 bridgehead atoms. The summed E-state index contributed by atoms with van der Waals surface area (Å²) in [6.07, 6.45) is 1.62. The van der Waals surface area contributed by atoms with Crippen LogP contribution in [0.1, 0.15) is 13.8 Å². The van der Waals surface area contributed by atoms with Gasteiger partial charge in [-0.2, -0.15) is 0 Å². The molecule has 0 radical (unpaired) electrons. The van der Waals surface area contributed by atoms with Gasteiger partial charge in [0.1, 0.15) is 6.54 Å². The van der Waals surface area contributed by atoms with E-state index in [4.69, 9.17) is 11.6 Å². The molecule has 1 heterocycles. The zero-order valence-corrected chi connectivity index (χ0v) is 11.6. The fraction of sp³-hybridized carbons (Fsp3) is 0.286. The van der Waals surface area contributed by atoms with Crippen molar-refractivity contribution in [1.82, 2.24) is 9.88 Å². The predicted octanol–water partition coefficient (Wildman–Crippen LogP) is 2.18. The van der Waals surface area contributed by atoms with Crippen LogP contribution in [0.3, 0.4) is 0 Å². The molecule has 0 unspecified atom stereocenters. The van der Waals surface area contributed by atoms with Crippen LogP contribution in [0.4, 0.5) is 0 Å². The van der Waals surface area contributed by atoms with E-state index in [-0.39, 0.29) is 23.9 Å². The monoisotopic (exact) mass is 278 g/mol. The fourth-order valence-corrected chi connectivity index (χ4v) is 2.12. The molecule has 0 aliphatic heterocycles. The minimum atomic E-state index is -0.0991. The fourth-order valence-electron chi connectivity index (χ4n) is 1.94. The van der Waals surface area contributed by atoms with E-state index in [1.807, 2.05) is 13.8 Å². The average Bonchev–Trinajstić information content (AvgIpc) is 2.32. The van der Waals surface area contributed by atoms with Crippen LogP contribution < -0.4 is 10.7 Å². The van der Waals surface area contributed by atoms with Gasteiger partial charge in [-0.25, -0.2) is 0 Å². The molecule has 4 nitrogen and oxygen atoms in total. The second-order valence-corrected chi connectivity index (χ2v) is 5.13. The van der Waals surface area contributed by atoms with Crippen molar-refractivity contribution >= 4 is 28.4 Å². The van der Waals surface area contributed by atoms with Crippen LogP contribution in [0.2, 0.25) is 5.02 Å². The Labute approximate surface area is 116 Å². The van der Waals surface area contributed by atoms with Gasteiger partial charge < -0.3 is 9.88 Å². The molecule has 0 saturated carbocycles. The second-order valence-electron chi connectivity index (χ2n) is 4.69. The van der Waals surface area contributed by atoms with Crippen LogP contribution in [-0.2, 0) is 11.3 Å². The summed E-state index contributed by atoms with van der Waals surface area (Å²) in [4.78, 5) is 23.6. The topological polar surface area (TPSA) is 51.1 Å². The minimum Gasteiger partial charge on any atom is -0.352 e. The van der Waals surface area contributed by atoms with E-state index in [0.29, 0.717) is 15.9 Å². The third-order valence-electron chi connectivity index (χ3n) is 2.70. The molecule has 19 heavy (non-hydrogen) atoms. The molecule has 1 N–H and O–H groups in total. The normalized spacial score (nSPS) is 10.9. The zero-order chi connectivity index (χ0) is 14.0. The number of benzene rings is 1. The Kier molecular flexibility index (Phi) is 3.90. The standard InChI is InChI=1S/C14H15ClN2O2/c1-9(2)16-14(19)8-17-6-5-13(18)11-7-10(15)3-4-12(11)17/h3-7,9H,8H2,1-2H3,(H,16,19). The van der Waals surface area contributed by atoms with Crippen molar-refractivity contribution in [2.24, 2.45) is 0 Å². The lowest BCUT2D eigenvalue weighted by atomic mass is 10.2. The summed E-state index contributed by atoms with van der Waals surface area (Å²) in [6, 6.07) is 6.62. The van der Waals surface area contributed by atoms with Crippen LogP contribution in [0.15, 0.2) is 35.3 Å². The number of hydrogen-bond acceptors (Lipinski definition) is 2. The number of rotatable bonds is 3. The number of fused-ring (bicyclic) bond motifs is 1. The molecule has 0 atom stereocenters.